The van der Waals surface area contributed by atoms with Crippen molar-refractivity contribution < 1.29 is 25.2 Å². The summed E-state index contributed by atoms with van der Waals surface area (Å²) in [5.74, 6) is 0. The van der Waals surface area contributed by atoms with E-state index < -0.39 is 36.6 Å². The highest BCUT2D eigenvalue weighted by atomic mass is 35.5. The first kappa shape index (κ1) is 22.2. The van der Waals surface area contributed by atoms with Gasteiger partial charge in [0.15, 0.2) is 0 Å². The Morgan fingerprint density at radius 1 is 0.966 bits per heavy atom. The van der Waals surface area contributed by atoms with Crippen molar-refractivity contribution >= 4 is 11.6 Å². The topological polar surface area (TPSA) is 90.2 Å². The Bertz CT molecular complexity index is 823. The second-order valence-electron chi connectivity index (χ2n) is 7.66. The molecular weight excluding hydrogens is 392 g/mol. The van der Waals surface area contributed by atoms with E-state index in [1.807, 2.05) is 13.0 Å². The second kappa shape index (κ2) is 9.13. The highest BCUT2D eigenvalue weighted by molar-refractivity contribution is 6.31. The highest BCUT2D eigenvalue weighted by Gasteiger charge is 2.53. The molecule has 3 rings (SSSR count). The van der Waals surface area contributed by atoms with Crippen molar-refractivity contribution in [1.29, 1.82) is 0 Å². The fraction of sp³-hybridized carbons (Fsp3) is 0.478. The molecule has 1 fully saturated rings. The van der Waals surface area contributed by atoms with Gasteiger partial charge in [-0.2, -0.15) is 0 Å². The molecule has 1 aliphatic heterocycles. The Kier molecular flexibility index (Phi) is 6.99. The summed E-state index contributed by atoms with van der Waals surface area (Å²) in [5.41, 5.74) is 2.65. The average molecular weight is 421 g/mol. The number of benzene rings is 2. The summed E-state index contributed by atoms with van der Waals surface area (Å²) in [6.45, 7) is 3.48. The minimum Gasteiger partial charge on any atom is -0.394 e. The zero-order valence-electron chi connectivity index (χ0n) is 16.8. The first-order chi connectivity index (χ1) is 13.9. The molecule has 2 aromatic rings. The number of hydrogen-bond donors (Lipinski definition) is 4. The Labute approximate surface area is 176 Å². The molecule has 0 saturated carbocycles. The number of rotatable bonds is 6. The molecule has 1 saturated heterocycles. The number of aryl methyl sites for hydroxylation is 1. The fourth-order valence-electron chi connectivity index (χ4n) is 4.06. The number of ether oxygens (including phenoxy) is 1. The molecule has 4 N–H and O–H groups in total. The molecule has 6 heteroatoms. The summed E-state index contributed by atoms with van der Waals surface area (Å²) >= 11 is 6.44. The molecule has 0 spiro atoms. The van der Waals surface area contributed by atoms with Gasteiger partial charge in [-0.3, -0.25) is 0 Å². The number of halogens is 1. The zero-order valence-corrected chi connectivity index (χ0v) is 17.5. The summed E-state index contributed by atoms with van der Waals surface area (Å²) in [6.07, 6.45) is -3.19. The van der Waals surface area contributed by atoms with Crippen LogP contribution in [0, 0.1) is 0 Å². The molecule has 1 heterocycles. The van der Waals surface area contributed by atoms with Gasteiger partial charge in [-0.1, -0.05) is 61.8 Å². The molecule has 29 heavy (non-hydrogen) atoms. The maximum Gasteiger partial charge on any atom is 0.122 e. The van der Waals surface area contributed by atoms with E-state index in [4.69, 9.17) is 16.3 Å². The van der Waals surface area contributed by atoms with Crippen molar-refractivity contribution in [2.24, 2.45) is 0 Å². The van der Waals surface area contributed by atoms with Gasteiger partial charge < -0.3 is 25.2 Å². The second-order valence-corrected chi connectivity index (χ2v) is 8.07. The molecule has 158 valence electrons. The van der Waals surface area contributed by atoms with Gasteiger partial charge in [0, 0.05) is 5.02 Å². The molecule has 1 aliphatic rings. The number of aliphatic hydroxyl groups is 4. The predicted octanol–water partition coefficient (Wildman–Crippen LogP) is 2.57. The average Bonchev–Trinajstić information content (AvgIpc) is 2.75. The van der Waals surface area contributed by atoms with Crippen LogP contribution in [0.25, 0.3) is 0 Å². The van der Waals surface area contributed by atoms with E-state index in [-0.39, 0.29) is 0 Å². The van der Waals surface area contributed by atoms with E-state index in [0.29, 0.717) is 23.4 Å². The summed E-state index contributed by atoms with van der Waals surface area (Å²) < 4.78 is 5.98. The lowest BCUT2D eigenvalue weighted by Crippen LogP contribution is -2.63. The molecular formula is C23H29ClO5. The number of hydrogen-bond acceptors (Lipinski definition) is 5. The molecule has 0 bridgehead atoms. The molecule has 0 aliphatic carbocycles. The van der Waals surface area contributed by atoms with Gasteiger partial charge in [0.25, 0.3) is 0 Å². The third kappa shape index (κ3) is 4.22. The van der Waals surface area contributed by atoms with Crippen molar-refractivity contribution in [2.45, 2.75) is 63.1 Å². The first-order valence-electron chi connectivity index (χ1n) is 10.1. The highest BCUT2D eigenvalue weighted by Crippen LogP contribution is 2.42. The lowest BCUT2D eigenvalue weighted by molar-refractivity contribution is -0.280. The van der Waals surface area contributed by atoms with Crippen LogP contribution in [0.15, 0.2) is 42.5 Å². The van der Waals surface area contributed by atoms with E-state index in [0.717, 1.165) is 17.5 Å². The first-order valence-corrected chi connectivity index (χ1v) is 10.4. The third-order valence-corrected chi connectivity index (χ3v) is 6.33. The van der Waals surface area contributed by atoms with E-state index in [1.165, 1.54) is 5.56 Å². The Hall–Kier alpha value is -1.47. The number of aliphatic hydroxyl groups excluding tert-OH is 4. The van der Waals surface area contributed by atoms with Crippen molar-refractivity contribution in [3.8, 4) is 0 Å². The van der Waals surface area contributed by atoms with Crippen LogP contribution in [-0.4, -0.2) is 51.4 Å². The van der Waals surface area contributed by atoms with Gasteiger partial charge in [-0.25, -0.2) is 0 Å². The van der Waals surface area contributed by atoms with Gasteiger partial charge in [-0.15, -0.1) is 0 Å². The lowest BCUT2D eigenvalue weighted by Gasteiger charge is -2.48. The SMILES string of the molecule is CCc1ccc(Cc2cc(C3(CC)OC(CO)C(O)C(O)C3O)ccc2Cl)cc1. The molecule has 0 radical (unpaired) electrons. The standard InChI is InChI=1S/C23H29ClO5/c1-3-14-5-7-15(8-6-14)11-16-12-17(9-10-18(16)24)23(4-2)22(28)21(27)20(26)19(13-25)29-23/h5-10,12,19-22,25-28H,3-4,11,13H2,1-2H3. The van der Waals surface area contributed by atoms with Gasteiger partial charge in [0.2, 0.25) is 0 Å². The Morgan fingerprint density at radius 2 is 1.62 bits per heavy atom. The van der Waals surface area contributed by atoms with Gasteiger partial charge in [0.05, 0.1) is 6.61 Å². The van der Waals surface area contributed by atoms with Crippen LogP contribution in [0.5, 0.6) is 0 Å². The van der Waals surface area contributed by atoms with E-state index in [2.05, 4.69) is 31.2 Å². The largest absolute Gasteiger partial charge is 0.394 e. The smallest absolute Gasteiger partial charge is 0.122 e. The summed E-state index contributed by atoms with van der Waals surface area (Å²) in [7, 11) is 0. The molecule has 2 aromatic carbocycles. The van der Waals surface area contributed by atoms with Crippen LogP contribution in [-0.2, 0) is 23.2 Å². The summed E-state index contributed by atoms with van der Waals surface area (Å²) in [6, 6.07) is 13.7. The van der Waals surface area contributed by atoms with Crippen molar-refractivity contribution in [1.82, 2.24) is 0 Å². The molecule has 5 nitrogen and oxygen atoms in total. The van der Waals surface area contributed by atoms with Crippen LogP contribution in [0.2, 0.25) is 5.02 Å². The van der Waals surface area contributed by atoms with Crippen LogP contribution in [0.1, 0.15) is 42.5 Å². The maximum absolute atomic E-state index is 10.8. The normalized spacial score (nSPS) is 29.8. The van der Waals surface area contributed by atoms with Gasteiger partial charge >= 0.3 is 0 Å². The monoisotopic (exact) mass is 420 g/mol. The van der Waals surface area contributed by atoms with Crippen LogP contribution in [0.4, 0.5) is 0 Å². The van der Waals surface area contributed by atoms with Crippen LogP contribution < -0.4 is 0 Å². The molecule has 5 atom stereocenters. The van der Waals surface area contributed by atoms with Crippen LogP contribution >= 0.6 is 11.6 Å². The quantitative estimate of drug-likeness (QED) is 0.576. The van der Waals surface area contributed by atoms with Crippen molar-refractivity contribution in [3.63, 3.8) is 0 Å². The van der Waals surface area contributed by atoms with Crippen molar-refractivity contribution in [3.05, 3.63) is 69.7 Å². The van der Waals surface area contributed by atoms with E-state index in [9.17, 15) is 20.4 Å². The minimum atomic E-state index is -1.43. The van der Waals surface area contributed by atoms with Gasteiger partial charge in [-0.05, 0) is 47.6 Å². The molecule has 5 unspecified atom stereocenters. The Balaban J connectivity index is 1.97. The van der Waals surface area contributed by atoms with Crippen LogP contribution in [0.3, 0.4) is 0 Å². The fourth-order valence-corrected chi connectivity index (χ4v) is 4.24. The summed E-state index contributed by atoms with van der Waals surface area (Å²) in [5, 5.41) is 41.4. The predicted molar refractivity (Wildman–Crippen MR) is 112 cm³/mol. The van der Waals surface area contributed by atoms with Crippen molar-refractivity contribution in [2.75, 3.05) is 6.61 Å². The summed E-state index contributed by atoms with van der Waals surface area (Å²) in [4.78, 5) is 0. The maximum atomic E-state index is 10.8. The van der Waals surface area contributed by atoms with Gasteiger partial charge in [0.1, 0.15) is 30.0 Å². The lowest BCUT2D eigenvalue weighted by atomic mass is 9.77. The third-order valence-electron chi connectivity index (χ3n) is 5.96. The Morgan fingerprint density at radius 3 is 2.21 bits per heavy atom. The molecule has 0 amide bonds. The van der Waals surface area contributed by atoms with E-state index >= 15 is 0 Å². The molecule has 0 aromatic heterocycles. The minimum absolute atomic E-state index is 0.348. The van der Waals surface area contributed by atoms with E-state index in [1.54, 1.807) is 12.1 Å². The zero-order chi connectivity index (χ0) is 21.2.